The third-order valence-electron chi connectivity index (χ3n) is 4.55. The van der Waals surface area contributed by atoms with Crippen molar-refractivity contribution in [2.75, 3.05) is 6.61 Å². The van der Waals surface area contributed by atoms with Crippen LogP contribution in [-0.2, 0) is 9.47 Å². The van der Waals surface area contributed by atoms with E-state index in [2.05, 4.69) is 27.0 Å². The largest absolute Gasteiger partial charge is 0.499 e. The maximum absolute atomic E-state index is 5.87. The van der Waals surface area contributed by atoms with Crippen LogP contribution in [-0.4, -0.2) is 18.8 Å². The summed E-state index contributed by atoms with van der Waals surface area (Å²) in [4.78, 5) is 0. The molecule has 0 spiro atoms. The van der Waals surface area contributed by atoms with Crippen molar-refractivity contribution in [2.45, 2.75) is 110 Å². The van der Waals surface area contributed by atoms with Crippen LogP contribution in [0, 0.1) is 0 Å². The smallest absolute Gasteiger partial charge is 0.0978 e. The van der Waals surface area contributed by atoms with Gasteiger partial charge in [0, 0.05) is 0 Å². The summed E-state index contributed by atoms with van der Waals surface area (Å²) in [6.45, 7) is 12.6. The summed E-state index contributed by atoms with van der Waals surface area (Å²) in [5.74, 6) is 0. The van der Waals surface area contributed by atoms with Crippen LogP contribution in [0.5, 0.6) is 0 Å². The maximum atomic E-state index is 5.87. The topological polar surface area (TPSA) is 18.5 Å². The van der Waals surface area contributed by atoms with Gasteiger partial charge in [-0.3, -0.25) is 0 Å². The van der Waals surface area contributed by atoms with Crippen molar-refractivity contribution in [2.24, 2.45) is 0 Å². The molecule has 0 heterocycles. The predicted octanol–water partition coefficient (Wildman–Crippen LogP) is 7.20. The van der Waals surface area contributed by atoms with Crippen LogP contribution in [0.4, 0.5) is 0 Å². The first-order chi connectivity index (χ1) is 11.8. The Hall–Kier alpha value is -0.760. The standard InChI is InChI=1S/C22H42O2/c1-5-9-16-21(23-8-4)18-14-12-11-13-15-19-22(17-10-6-2)24-20-7-3/h7-8,21-22H,3-6,9-20H2,1-2H3. The van der Waals surface area contributed by atoms with Crippen LogP contribution in [0.15, 0.2) is 25.5 Å². The third-order valence-corrected chi connectivity index (χ3v) is 4.55. The van der Waals surface area contributed by atoms with Gasteiger partial charge in [-0.25, -0.2) is 0 Å². The summed E-state index contributed by atoms with van der Waals surface area (Å²) in [6.07, 6.45) is 20.6. The molecule has 2 atom stereocenters. The van der Waals surface area contributed by atoms with Gasteiger partial charge in [0.25, 0.3) is 0 Å². The first-order valence-electron chi connectivity index (χ1n) is 10.3. The Morgan fingerprint density at radius 1 is 0.708 bits per heavy atom. The zero-order valence-corrected chi connectivity index (χ0v) is 16.4. The first kappa shape index (κ1) is 23.2. The molecule has 0 aromatic rings. The van der Waals surface area contributed by atoms with Crippen molar-refractivity contribution < 1.29 is 9.47 Å². The number of unbranched alkanes of at least 4 members (excludes halogenated alkanes) is 6. The van der Waals surface area contributed by atoms with E-state index < -0.39 is 0 Å². The molecule has 0 aliphatic carbocycles. The molecule has 0 aromatic carbocycles. The highest BCUT2D eigenvalue weighted by molar-refractivity contribution is 4.68. The molecule has 2 unspecified atom stereocenters. The molecule has 0 amide bonds. The molecule has 0 rings (SSSR count). The maximum Gasteiger partial charge on any atom is 0.0978 e. The van der Waals surface area contributed by atoms with Gasteiger partial charge < -0.3 is 9.47 Å². The monoisotopic (exact) mass is 338 g/mol. The van der Waals surface area contributed by atoms with Crippen molar-refractivity contribution in [1.82, 2.24) is 0 Å². The van der Waals surface area contributed by atoms with E-state index in [1.807, 2.05) is 6.08 Å². The zero-order valence-electron chi connectivity index (χ0n) is 16.4. The Morgan fingerprint density at radius 2 is 1.21 bits per heavy atom. The molecule has 24 heavy (non-hydrogen) atoms. The molecule has 0 fully saturated rings. The van der Waals surface area contributed by atoms with Crippen molar-refractivity contribution in [3.63, 3.8) is 0 Å². The van der Waals surface area contributed by atoms with E-state index in [1.165, 1.54) is 83.5 Å². The van der Waals surface area contributed by atoms with Crippen LogP contribution in [0.25, 0.3) is 0 Å². The molecule has 2 nitrogen and oxygen atoms in total. The van der Waals surface area contributed by atoms with Gasteiger partial charge in [0.2, 0.25) is 0 Å². The summed E-state index contributed by atoms with van der Waals surface area (Å²) in [5.41, 5.74) is 0. The van der Waals surface area contributed by atoms with E-state index in [0.717, 1.165) is 0 Å². The van der Waals surface area contributed by atoms with Gasteiger partial charge in [-0.1, -0.05) is 77.9 Å². The lowest BCUT2D eigenvalue weighted by Gasteiger charge is -2.17. The van der Waals surface area contributed by atoms with Gasteiger partial charge in [-0.15, -0.1) is 6.58 Å². The molecule has 0 aromatic heterocycles. The lowest BCUT2D eigenvalue weighted by Crippen LogP contribution is -2.13. The van der Waals surface area contributed by atoms with E-state index in [1.54, 1.807) is 6.26 Å². The van der Waals surface area contributed by atoms with E-state index in [9.17, 15) is 0 Å². The average molecular weight is 339 g/mol. The van der Waals surface area contributed by atoms with E-state index in [4.69, 9.17) is 9.47 Å². The van der Waals surface area contributed by atoms with Crippen LogP contribution in [0.1, 0.15) is 97.3 Å². The highest BCUT2D eigenvalue weighted by Gasteiger charge is 2.09. The van der Waals surface area contributed by atoms with Crippen molar-refractivity contribution in [3.8, 4) is 0 Å². The number of rotatable bonds is 19. The van der Waals surface area contributed by atoms with Crippen LogP contribution >= 0.6 is 0 Å². The average Bonchev–Trinajstić information content (AvgIpc) is 2.60. The molecular weight excluding hydrogens is 296 g/mol. The van der Waals surface area contributed by atoms with Crippen molar-refractivity contribution in [3.05, 3.63) is 25.5 Å². The van der Waals surface area contributed by atoms with E-state index in [-0.39, 0.29) is 0 Å². The van der Waals surface area contributed by atoms with E-state index >= 15 is 0 Å². The summed E-state index contributed by atoms with van der Waals surface area (Å²) in [5, 5.41) is 0. The molecule has 0 radical (unpaired) electrons. The Balaban J connectivity index is 3.67. The lowest BCUT2D eigenvalue weighted by molar-refractivity contribution is 0.0578. The second-order valence-corrected chi connectivity index (χ2v) is 6.80. The predicted molar refractivity (Wildman–Crippen MR) is 106 cm³/mol. The summed E-state index contributed by atoms with van der Waals surface area (Å²) in [6, 6.07) is 0. The number of hydrogen-bond donors (Lipinski definition) is 0. The number of hydrogen-bond acceptors (Lipinski definition) is 2. The molecule has 0 saturated carbocycles. The van der Waals surface area contributed by atoms with Gasteiger partial charge in [0.1, 0.15) is 0 Å². The first-order valence-corrected chi connectivity index (χ1v) is 10.3. The molecule has 0 N–H and O–H groups in total. The third kappa shape index (κ3) is 14.8. The summed E-state index contributed by atoms with van der Waals surface area (Å²) >= 11 is 0. The molecule has 0 bridgehead atoms. The Labute approximate surface area is 151 Å². The van der Waals surface area contributed by atoms with Crippen molar-refractivity contribution in [1.29, 1.82) is 0 Å². The van der Waals surface area contributed by atoms with Gasteiger partial charge in [0.05, 0.1) is 25.1 Å². The molecule has 2 heteroatoms. The minimum absolute atomic E-state index is 0.383. The highest BCUT2D eigenvalue weighted by atomic mass is 16.5. The zero-order chi connectivity index (χ0) is 17.9. The fourth-order valence-corrected chi connectivity index (χ4v) is 3.07. The van der Waals surface area contributed by atoms with Crippen molar-refractivity contribution >= 4 is 0 Å². The fourth-order valence-electron chi connectivity index (χ4n) is 3.07. The minimum atomic E-state index is 0.383. The fraction of sp³-hybridized carbons (Fsp3) is 0.818. The molecule has 0 aliphatic heterocycles. The van der Waals surface area contributed by atoms with Crippen LogP contribution in [0.2, 0.25) is 0 Å². The quantitative estimate of drug-likeness (QED) is 0.141. The van der Waals surface area contributed by atoms with E-state index in [0.29, 0.717) is 18.8 Å². The van der Waals surface area contributed by atoms with Gasteiger partial charge >= 0.3 is 0 Å². The second kappa shape index (κ2) is 18.6. The second-order valence-electron chi connectivity index (χ2n) is 6.80. The Kier molecular flexibility index (Phi) is 18.0. The number of ether oxygens (including phenoxy) is 2. The summed E-state index contributed by atoms with van der Waals surface area (Å²) in [7, 11) is 0. The molecular formula is C22H42O2. The van der Waals surface area contributed by atoms with Gasteiger partial charge in [0.15, 0.2) is 0 Å². The Bertz CT molecular complexity index is 275. The Morgan fingerprint density at radius 3 is 1.75 bits per heavy atom. The lowest BCUT2D eigenvalue weighted by atomic mass is 10.0. The van der Waals surface area contributed by atoms with Crippen LogP contribution in [0.3, 0.4) is 0 Å². The van der Waals surface area contributed by atoms with Gasteiger partial charge in [-0.05, 0) is 32.1 Å². The molecule has 0 aliphatic rings. The van der Waals surface area contributed by atoms with Crippen LogP contribution < -0.4 is 0 Å². The molecule has 142 valence electrons. The highest BCUT2D eigenvalue weighted by Crippen LogP contribution is 2.17. The summed E-state index contributed by atoms with van der Waals surface area (Å²) < 4.78 is 11.5. The normalized spacial score (nSPS) is 13.4. The SMILES string of the molecule is C=CCOC(CCCC)CCCCCCCC(CCCC)OC=C. The molecule has 0 saturated heterocycles. The minimum Gasteiger partial charge on any atom is -0.499 e. The van der Waals surface area contributed by atoms with Gasteiger partial charge in [-0.2, -0.15) is 0 Å².